The van der Waals surface area contributed by atoms with Crippen molar-refractivity contribution in [3.8, 4) is 23.0 Å². The van der Waals surface area contributed by atoms with Crippen LogP contribution < -0.4 is 18.9 Å². The van der Waals surface area contributed by atoms with Crippen molar-refractivity contribution in [2.45, 2.75) is 27.1 Å². The van der Waals surface area contributed by atoms with Gasteiger partial charge in [-0.2, -0.15) is 0 Å². The smallest absolute Gasteiger partial charge is 0.128 e. The fourth-order valence-corrected chi connectivity index (χ4v) is 5.82. The lowest BCUT2D eigenvalue weighted by atomic mass is 9.95. The van der Waals surface area contributed by atoms with Gasteiger partial charge < -0.3 is 18.9 Å². The lowest BCUT2D eigenvalue weighted by Crippen LogP contribution is -2.00. The molecule has 6 aromatic carbocycles. The van der Waals surface area contributed by atoms with Gasteiger partial charge >= 0.3 is 0 Å². The molecule has 4 nitrogen and oxygen atoms in total. The summed E-state index contributed by atoms with van der Waals surface area (Å²) < 4.78 is 24.6. The van der Waals surface area contributed by atoms with Crippen molar-refractivity contribution in [2.75, 3.05) is 14.2 Å². The highest BCUT2D eigenvalue weighted by Gasteiger charge is 2.17. The van der Waals surface area contributed by atoms with Crippen LogP contribution in [0.25, 0.3) is 11.1 Å². The highest BCUT2D eigenvalue weighted by Crippen LogP contribution is 2.38. The maximum absolute atomic E-state index is 6.43. The highest BCUT2D eigenvalue weighted by atomic mass is 16.5. The largest absolute Gasteiger partial charge is 0.496 e. The van der Waals surface area contributed by atoms with Crippen LogP contribution in [0.2, 0.25) is 0 Å². The molecule has 0 amide bonds. The molecule has 0 aliphatic heterocycles. The van der Waals surface area contributed by atoms with Crippen LogP contribution in [0.1, 0.15) is 44.5 Å². The van der Waals surface area contributed by atoms with Gasteiger partial charge in [0.05, 0.1) is 14.2 Å². The Labute approximate surface area is 300 Å². The summed E-state index contributed by atoms with van der Waals surface area (Å²) >= 11 is 0. The molecule has 0 saturated carbocycles. The maximum atomic E-state index is 6.43. The van der Waals surface area contributed by atoms with Crippen LogP contribution in [0.5, 0.6) is 23.0 Å². The average molecular weight is 669 g/mol. The zero-order valence-corrected chi connectivity index (χ0v) is 29.4. The molecule has 6 rings (SSSR count). The molecule has 252 valence electrons. The van der Waals surface area contributed by atoms with Gasteiger partial charge in [0.2, 0.25) is 0 Å². The number of benzene rings is 6. The zero-order chi connectivity index (χ0) is 35.4. The van der Waals surface area contributed by atoms with Gasteiger partial charge in [0.25, 0.3) is 0 Å². The van der Waals surface area contributed by atoms with Crippen molar-refractivity contribution in [1.82, 2.24) is 0 Å². The third-order valence-electron chi connectivity index (χ3n) is 8.41. The third kappa shape index (κ3) is 8.61. The normalized spacial score (nSPS) is 10.3. The van der Waals surface area contributed by atoms with Crippen molar-refractivity contribution in [3.05, 3.63) is 207 Å². The molecule has 0 bridgehead atoms. The van der Waals surface area contributed by atoms with Gasteiger partial charge in [-0.1, -0.05) is 120 Å². The second-order valence-corrected chi connectivity index (χ2v) is 12.1. The minimum atomic E-state index is 0.423. The van der Waals surface area contributed by atoms with Crippen LogP contribution in [-0.4, -0.2) is 14.2 Å². The van der Waals surface area contributed by atoms with Crippen molar-refractivity contribution >= 4 is 11.1 Å². The highest BCUT2D eigenvalue weighted by molar-refractivity contribution is 5.87. The fraction of sp³-hybridized carbons (Fsp3) is 0.128. The van der Waals surface area contributed by atoms with Gasteiger partial charge in [-0.3, -0.25) is 0 Å². The molecule has 0 aliphatic rings. The summed E-state index contributed by atoms with van der Waals surface area (Å²) in [6.07, 6.45) is 0. The molecule has 6 aromatic rings. The summed E-state index contributed by atoms with van der Waals surface area (Å²) in [6.45, 7) is 4.97. The van der Waals surface area contributed by atoms with Gasteiger partial charge in [0, 0.05) is 33.4 Å². The van der Waals surface area contributed by atoms with Crippen LogP contribution in [0.4, 0.5) is 0 Å². The van der Waals surface area contributed by atoms with Crippen molar-refractivity contribution in [1.29, 1.82) is 0 Å². The first-order valence-electron chi connectivity index (χ1n) is 16.9. The molecule has 0 atom stereocenters. The van der Waals surface area contributed by atoms with E-state index in [1.54, 1.807) is 14.2 Å². The molecule has 4 heteroatoms. The van der Waals surface area contributed by atoms with Crippen molar-refractivity contribution in [3.63, 3.8) is 0 Å². The predicted octanol–water partition coefficient (Wildman–Crippen LogP) is 11.0. The number of aryl methyl sites for hydroxylation is 2. The number of ether oxygens (including phenoxy) is 4. The summed E-state index contributed by atoms with van der Waals surface area (Å²) in [6, 6.07) is 48.4. The van der Waals surface area contributed by atoms with Crippen LogP contribution in [0.3, 0.4) is 0 Å². The van der Waals surface area contributed by atoms with Gasteiger partial charge in [-0.05, 0) is 79.2 Å². The first kappa shape index (κ1) is 34.5. The minimum Gasteiger partial charge on any atom is -0.496 e. The number of methoxy groups -OCH3 is 2. The number of hydrogen-bond acceptors (Lipinski definition) is 4. The van der Waals surface area contributed by atoms with Crippen molar-refractivity contribution in [2.24, 2.45) is 0 Å². The van der Waals surface area contributed by atoms with Gasteiger partial charge in [0.15, 0.2) is 0 Å². The van der Waals surface area contributed by atoms with E-state index in [0.717, 1.165) is 67.2 Å². The summed E-state index contributed by atoms with van der Waals surface area (Å²) in [5.74, 6) is 2.87. The Morgan fingerprint density at radius 3 is 1.24 bits per heavy atom. The SMILES string of the molecule is COc1ccc(C)cc1C(=C=C=C=C(c1cc(C)ccc1OC)c1ccccc1OCc1ccccc1)c1ccccc1OCc1ccccc1. The molecule has 0 unspecified atom stereocenters. The Balaban J connectivity index is 1.60. The number of para-hydroxylation sites is 2. The second kappa shape index (κ2) is 16.8. The van der Waals surface area contributed by atoms with E-state index >= 15 is 0 Å². The van der Waals surface area contributed by atoms with E-state index in [2.05, 4.69) is 67.4 Å². The Morgan fingerprint density at radius 1 is 0.431 bits per heavy atom. The molecular weight excluding hydrogens is 629 g/mol. The maximum Gasteiger partial charge on any atom is 0.128 e. The summed E-state index contributed by atoms with van der Waals surface area (Å²) in [4.78, 5) is 0. The Kier molecular flexibility index (Phi) is 11.4. The molecule has 0 N–H and O–H groups in total. The lowest BCUT2D eigenvalue weighted by molar-refractivity contribution is 0.305. The molecule has 0 saturated heterocycles. The van der Waals surface area contributed by atoms with E-state index in [1.165, 1.54) is 0 Å². The third-order valence-corrected chi connectivity index (χ3v) is 8.41. The second-order valence-electron chi connectivity index (χ2n) is 12.1. The van der Waals surface area contributed by atoms with Gasteiger partial charge in [-0.25, -0.2) is 0 Å². The zero-order valence-electron chi connectivity index (χ0n) is 29.4. The molecule has 0 radical (unpaired) electrons. The lowest BCUT2D eigenvalue weighted by Gasteiger charge is -2.16. The van der Waals surface area contributed by atoms with Crippen LogP contribution in [0, 0.1) is 13.8 Å². The summed E-state index contributed by atoms with van der Waals surface area (Å²) in [5.41, 5.74) is 19.6. The molecule has 0 aliphatic carbocycles. The molecular formula is C47H40O4. The predicted molar refractivity (Wildman–Crippen MR) is 205 cm³/mol. The summed E-state index contributed by atoms with van der Waals surface area (Å²) in [5, 5.41) is 0. The number of rotatable bonds is 12. The topological polar surface area (TPSA) is 36.9 Å². The first-order valence-corrected chi connectivity index (χ1v) is 16.9. The Hall–Kier alpha value is -6.40. The first-order chi connectivity index (χ1) is 25.0. The standard InChI is InChI=1S/C47H40O4/c1-34-26-28-44(48-3)42(30-34)38(40-20-11-13-24-46(40)50-32-36-16-7-5-8-17-36)22-15-23-39(43-31-35(2)27-29-45(43)49-4)41-21-12-14-25-47(41)51-33-37-18-9-6-10-19-37/h5-14,16-21,24-31H,32-33H2,1-4H3. The molecule has 51 heavy (non-hydrogen) atoms. The van der Waals surface area contributed by atoms with Crippen LogP contribution in [0.15, 0.2) is 163 Å². The van der Waals surface area contributed by atoms with E-state index in [0.29, 0.717) is 24.7 Å². The number of hydrogen-bond donors (Lipinski definition) is 0. The summed E-state index contributed by atoms with van der Waals surface area (Å²) in [7, 11) is 3.36. The van der Waals surface area contributed by atoms with Crippen LogP contribution in [-0.2, 0) is 13.2 Å². The molecule has 0 fully saturated rings. The Morgan fingerprint density at radius 2 is 0.824 bits per heavy atom. The fourth-order valence-electron chi connectivity index (χ4n) is 5.82. The molecule has 0 heterocycles. The van der Waals surface area contributed by atoms with E-state index in [9.17, 15) is 0 Å². The van der Waals surface area contributed by atoms with Crippen molar-refractivity contribution < 1.29 is 18.9 Å². The monoisotopic (exact) mass is 668 g/mol. The average Bonchev–Trinajstić information content (AvgIpc) is 3.17. The van der Waals surface area contributed by atoms with E-state index in [4.69, 9.17) is 18.9 Å². The van der Waals surface area contributed by atoms with E-state index in [-0.39, 0.29) is 0 Å². The Bertz CT molecular complexity index is 2090. The quantitative estimate of drug-likeness (QED) is 0.122. The van der Waals surface area contributed by atoms with Gasteiger partial charge in [0.1, 0.15) is 36.2 Å². The molecule has 0 aromatic heterocycles. The van der Waals surface area contributed by atoms with Gasteiger partial charge in [-0.15, -0.1) is 0 Å². The molecule has 0 spiro atoms. The van der Waals surface area contributed by atoms with E-state index in [1.807, 2.05) is 109 Å². The van der Waals surface area contributed by atoms with E-state index < -0.39 is 0 Å². The van der Waals surface area contributed by atoms with Crippen LogP contribution >= 0.6 is 0 Å². The minimum absolute atomic E-state index is 0.423.